The van der Waals surface area contributed by atoms with Crippen molar-refractivity contribution in [2.75, 3.05) is 0 Å². The highest BCUT2D eigenvalue weighted by Crippen LogP contribution is 2.69. The Balaban J connectivity index is 2.10. The molecule has 4 rings (SSSR count). The van der Waals surface area contributed by atoms with E-state index in [0.717, 1.165) is 12.8 Å². The topological polar surface area (TPSA) is 26.3 Å². The summed E-state index contributed by atoms with van der Waals surface area (Å²) in [6.45, 7) is 10.9. The number of allylic oxidation sites excluding steroid dienone is 1. The number of esters is 1. The van der Waals surface area contributed by atoms with Crippen LogP contribution in [-0.2, 0) is 9.53 Å². The molecule has 2 fully saturated rings. The van der Waals surface area contributed by atoms with Crippen molar-refractivity contribution in [3.8, 4) is 0 Å². The van der Waals surface area contributed by atoms with E-state index in [2.05, 4.69) is 33.8 Å². The predicted octanol–water partition coefficient (Wildman–Crippen LogP) is 4.10. The minimum atomic E-state index is -0.212. The first kappa shape index (κ1) is 13.2. The molecule has 0 aromatic heterocycles. The first-order chi connectivity index (χ1) is 8.70. The van der Waals surface area contributed by atoms with Crippen LogP contribution in [0.25, 0.3) is 0 Å². The van der Waals surface area contributed by atoms with Crippen LogP contribution in [0.15, 0.2) is 11.6 Å². The molecule has 0 saturated heterocycles. The Morgan fingerprint density at radius 3 is 2.47 bits per heavy atom. The van der Waals surface area contributed by atoms with Crippen molar-refractivity contribution in [1.82, 2.24) is 0 Å². The molecule has 4 atom stereocenters. The quantitative estimate of drug-likeness (QED) is 0.525. The summed E-state index contributed by atoms with van der Waals surface area (Å²) in [5.74, 6) is 0.876. The Hall–Kier alpha value is -0.790. The molecule has 2 saturated carbocycles. The lowest BCUT2D eigenvalue weighted by molar-refractivity contribution is -0.231. The molecule has 0 amide bonds. The summed E-state index contributed by atoms with van der Waals surface area (Å²) in [7, 11) is 0. The summed E-state index contributed by atoms with van der Waals surface area (Å²) in [5, 5.41) is 0. The molecule has 0 aromatic carbocycles. The molecule has 19 heavy (non-hydrogen) atoms. The van der Waals surface area contributed by atoms with Crippen LogP contribution in [0.2, 0.25) is 0 Å². The predicted molar refractivity (Wildman–Crippen MR) is 75.6 cm³/mol. The molecule has 0 aromatic rings. The average Bonchev–Trinajstić information content (AvgIpc) is 2.41. The molecule has 4 aliphatic carbocycles. The van der Waals surface area contributed by atoms with Crippen LogP contribution in [0.4, 0.5) is 0 Å². The van der Waals surface area contributed by atoms with Gasteiger partial charge in [-0.1, -0.05) is 32.4 Å². The van der Waals surface area contributed by atoms with Crippen LogP contribution in [0.3, 0.4) is 0 Å². The van der Waals surface area contributed by atoms with Crippen LogP contribution >= 0.6 is 0 Å². The van der Waals surface area contributed by atoms with Gasteiger partial charge < -0.3 is 4.74 Å². The van der Waals surface area contributed by atoms with Crippen LogP contribution in [0, 0.1) is 22.7 Å². The molecule has 0 aliphatic heterocycles. The lowest BCUT2D eigenvalue weighted by atomic mass is 9.45. The second kappa shape index (κ2) is 3.65. The molecule has 106 valence electrons. The summed E-state index contributed by atoms with van der Waals surface area (Å²) in [4.78, 5) is 11.6. The smallest absolute Gasteiger partial charge is 0.303 e. The lowest BCUT2D eigenvalue weighted by Gasteiger charge is -2.64. The number of rotatable bonds is 1. The monoisotopic (exact) mass is 262 g/mol. The number of ether oxygens (including phenoxy) is 1. The fraction of sp³-hybridized carbons (Fsp3) is 0.824. The van der Waals surface area contributed by atoms with E-state index in [1.54, 1.807) is 6.92 Å². The summed E-state index contributed by atoms with van der Waals surface area (Å²) in [6, 6.07) is 0. The van der Waals surface area contributed by atoms with Gasteiger partial charge in [0.05, 0.1) is 0 Å². The summed E-state index contributed by atoms with van der Waals surface area (Å²) >= 11 is 0. The number of hydrogen-bond donors (Lipinski definition) is 0. The third-order valence-corrected chi connectivity index (χ3v) is 6.22. The normalized spacial score (nSPS) is 46.7. The average molecular weight is 262 g/mol. The van der Waals surface area contributed by atoms with Gasteiger partial charge in [-0.3, -0.25) is 4.79 Å². The minimum Gasteiger partial charge on any atom is -0.458 e. The van der Waals surface area contributed by atoms with Gasteiger partial charge >= 0.3 is 5.97 Å². The van der Waals surface area contributed by atoms with E-state index in [4.69, 9.17) is 4.74 Å². The molecule has 0 N–H and O–H groups in total. The van der Waals surface area contributed by atoms with Crippen LogP contribution in [-0.4, -0.2) is 11.6 Å². The first-order valence-electron chi connectivity index (χ1n) is 7.58. The Bertz CT molecular complexity index is 462. The van der Waals surface area contributed by atoms with Crippen molar-refractivity contribution in [1.29, 1.82) is 0 Å². The largest absolute Gasteiger partial charge is 0.458 e. The fourth-order valence-corrected chi connectivity index (χ4v) is 5.26. The van der Waals surface area contributed by atoms with E-state index in [1.807, 2.05) is 0 Å². The van der Waals surface area contributed by atoms with Crippen molar-refractivity contribution in [2.24, 2.45) is 22.7 Å². The molecule has 0 heterocycles. The minimum absolute atomic E-state index is 0.109. The van der Waals surface area contributed by atoms with Gasteiger partial charge in [-0.2, -0.15) is 0 Å². The van der Waals surface area contributed by atoms with Gasteiger partial charge in [0.1, 0.15) is 5.60 Å². The number of hydrogen-bond acceptors (Lipinski definition) is 2. The molecule has 2 unspecified atom stereocenters. The second-order valence-electron chi connectivity index (χ2n) is 8.04. The second-order valence-corrected chi connectivity index (χ2v) is 8.04. The van der Waals surface area contributed by atoms with Gasteiger partial charge in [0.2, 0.25) is 0 Å². The Morgan fingerprint density at radius 2 is 1.95 bits per heavy atom. The highest BCUT2D eigenvalue weighted by Gasteiger charge is 2.69. The van der Waals surface area contributed by atoms with Crippen LogP contribution < -0.4 is 0 Å². The zero-order valence-electron chi connectivity index (χ0n) is 12.9. The zero-order valence-corrected chi connectivity index (χ0v) is 12.9. The number of carbonyl (C=O) groups is 1. The zero-order chi connectivity index (χ0) is 14.1. The summed E-state index contributed by atoms with van der Waals surface area (Å²) in [6.07, 6.45) is 7.03. The van der Waals surface area contributed by atoms with Gasteiger partial charge in [-0.05, 0) is 43.9 Å². The molecular weight excluding hydrogens is 236 g/mol. The Kier molecular flexibility index (Phi) is 2.54. The van der Waals surface area contributed by atoms with E-state index >= 15 is 0 Å². The highest BCUT2D eigenvalue weighted by molar-refractivity contribution is 5.67. The standard InChI is InChI=1S/C17H26O2/c1-11-8-13-9-15(3,4)10-14(11)16(5)6-7-17(13,16)19-12(2)18/h8,13-14H,6-7,9-10H2,1-5H3/t13?,14?,16-,17-/m0/s1. The van der Waals surface area contributed by atoms with E-state index in [1.165, 1.54) is 18.4 Å². The van der Waals surface area contributed by atoms with Crippen molar-refractivity contribution >= 4 is 5.97 Å². The molecule has 4 aliphatic rings. The molecule has 2 bridgehead atoms. The lowest BCUT2D eigenvalue weighted by Crippen LogP contribution is -2.65. The third kappa shape index (κ3) is 1.58. The Morgan fingerprint density at radius 1 is 1.26 bits per heavy atom. The SMILES string of the molecule is CC(=O)O[C@]12CC[C@@]1(C)C1CC(C)(C)CC2C=C1C. The molecule has 0 spiro atoms. The van der Waals surface area contributed by atoms with E-state index in [-0.39, 0.29) is 17.0 Å². The van der Waals surface area contributed by atoms with Gasteiger partial charge in [0, 0.05) is 18.3 Å². The van der Waals surface area contributed by atoms with E-state index in [0.29, 0.717) is 17.3 Å². The number of carbonyl (C=O) groups excluding carboxylic acids is 1. The fourth-order valence-electron chi connectivity index (χ4n) is 5.26. The highest BCUT2D eigenvalue weighted by atomic mass is 16.6. The van der Waals surface area contributed by atoms with Crippen molar-refractivity contribution in [2.45, 2.75) is 65.9 Å². The summed E-state index contributed by atoms with van der Waals surface area (Å²) < 4.78 is 5.95. The van der Waals surface area contributed by atoms with Crippen molar-refractivity contribution in [3.63, 3.8) is 0 Å². The first-order valence-corrected chi connectivity index (χ1v) is 7.58. The molecule has 2 heteroatoms. The van der Waals surface area contributed by atoms with Crippen LogP contribution in [0.5, 0.6) is 0 Å². The molecular formula is C17H26O2. The van der Waals surface area contributed by atoms with Gasteiger partial charge in [0.15, 0.2) is 0 Å². The molecule has 2 nitrogen and oxygen atoms in total. The van der Waals surface area contributed by atoms with Crippen molar-refractivity contribution in [3.05, 3.63) is 11.6 Å². The van der Waals surface area contributed by atoms with E-state index in [9.17, 15) is 4.79 Å². The Labute approximate surface area is 116 Å². The van der Waals surface area contributed by atoms with Gasteiger partial charge in [0.25, 0.3) is 0 Å². The molecule has 0 radical (unpaired) electrons. The maximum Gasteiger partial charge on any atom is 0.303 e. The maximum atomic E-state index is 11.6. The van der Waals surface area contributed by atoms with Gasteiger partial charge in [-0.15, -0.1) is 0 Å². The maximum absolute atomic E-state index is 11.6. The summed E-state index contributed by atoms with van der Waals surface area (Å²) in [5.41, 5.74) is 1.82. The van der Waals surface area contributed by atoms with Crippen molar-refractivity contribution < 1.29 is 9.53 Å². The van der Waals surface area contributed by atoms with Gasteiger partial charge in [-0.25, -0.2) is 0 Å². The third-order valence-electron chi connectivity index (χ3n) is 6.22. The van der Waals surface area contributed by atoms with E-state index < -0.39 is 0 Å². The van der Waals surface area contributed by atoms with Crippen LogP contribution in [0.1, 0.15) is 60.3 Å². The number of fused-ring (bicyclic) bond motifs is 2.